The monoisotopic (exact) mass is 389 g/mol. The summed E-state index contributed by atoms with van der Waals surface area (Å²) in [6.07, 6.45) is 1.68. The predicted octanol–water partition coefficient (Wildman–Crippen LogP) is 3.79. The van der Waals surface area contributed by atoms with Crippen LogP contribution in [0.15, 0.2) is 58.2 Å². The second kappa shape index (κ2) is 8.76. The van der Waals surface area contributed by atoms with Crippen LogP contribution in [0.25, 0.3) is 11.3 Å². The molecular weight excluding hydrogens is 374 g/mol. The van der Waals surface area contributed by atoms with Crippen LogP contribution < -0.4 is 11.1 Å². The number of anilines is 2. The van der Waals surface area contributed by atoms with E-state index in [4.69, 9.17) is 10.2 Å². The Morgan fingerprint density at radius 1 is 1.14 bits per heavy atom. The number of aromatic nitrogens is 1. The van der Waals surface area contributed by atoms with Crippen LogP contribution in [0.2, 0.25) is 0 Å². The van der Waals surface area contributed by atoms with Crippen LogP contribution in [0.5, 0.6) is 0 Å². The fraction of sp³-hybridized carbons (Fsp3) is 0.100. The fourth-order valence-electron chi connectivity index (χ4n) is 2.56. The van der Waals surface area contributed by atoms with E-state index in [9.17, 15) is 15.3 Å². The van der Waals surface area contributed by atoms with Gasteiger partial charge >= 0.3 is 0 Å². The van der Waals surface area contributed by atoms with Gasteiger partial charge in [-0.2, -0.15) is 10.5 Å². The lowest BCUT2D eigenvalue weighted by Gasteiger charge is -2.11. The molecule has 7 nitrogen and oxygen atoms in total. The first-order chi connectivity index (χ1) is 13.6. The Morgan fingerprint density at radius 2 is 1.89 bits per heavy atom. The van der Waals surface area contributed by atoms with Gasteiger partial charge in [0.05, 0.1) is 17.4 Å². The first-order valence-electron chi connectivity index (χ1n) is 8.29. The molecule has 1 amide bonds. The maximum atomic E-state index is 12.1. The van der Waals surface area contributed by atoms with Gasteiger partial charge in [-0.25, -0.2) is 4.98 Å². The molecule has 0 aliphatic carbocycles. The molecule has 0 bridgehead atoms. The molecule has 138 valence electrons. The number of nitrogens with zero attached hydrogens (tertiary/aromatic N) is 3. The highest BCUT2D eigenvalue weighted by atomic mass is 32.2. The van der Waals surface area contributed by atoms with Crippen LogP contribution in [-0.2, 0) is 4.79 Å². The molecule has 0 aliphatic heterocycles. The molecular formula is C20H15N5O2S. The summed E-state index contributed by atoms with van der Waals surface area (Å²) in [5, 5.41) is 22.2. The average molecular weight is 389 g/mol. The van der Waals surface area contributed by atoms with Gasteiger partial charge < -0.3 is 15.5 Å². The van der Waals surface area contributed by atoms with E-state index in [1.165, 1.54) is 18.0 Å². The third-order valence-corrected chi connectivity index (χ3v) is 4.79. The zero-order valence-corrected chi connectivity index (χ0v) is 15.5. The molecule has 8 heteroatoms. The molecule has 3 aromatic rings. The topological polar surface area (TPSA) is 129 Å². The van der Waals surface area contributed by atoms with Gasteiger partial charge in [0.15, 0.2) is 0 Å². The van der Waals surface area contributed by atoms with E-state index in [0.717, 1.165) is 5.69 Å². The number of furan rings is 1. The van der Waals surface area contributed by atoms with Gasteiger partial charge in [-0.3, -0.25) is 4.79 Å². The number of hydrogen-bond donors (Lipinski definition) is 2. The normalized spacial score (nSPS) is 10.1. The molecule has 0 saturated carbocycles. The summed E-state index contributed by atoms with van der Waals surface area (Å²) in [5.74, 6) is 0.628. The van der Waals surface area contributed by atoms with Crippen LogP contribution in [-0.4, -0.2) is 16.6 Å². The zero-order valence-electron chi connectivity index (χ0n) is 14.7. The maximum Gasteiger partial charge on any atom is 0.225 e. The summed E-state index contributed by atoms with van der Waals surface area (Å²) in [4.78, 5) is 16.3. The number of nitrogens with two attached hydrogens (primary N) is 1. The van der Waals surface area contributed by atoms with Crippen molar-refractivity contribution in [2.75, 3.05) is 16.8 Å². The fourth-order valence-corrected chi connectivity index (χ4v) is 3.49. The lowest BCUT2D eigenvalue weighted by Crippen LogP contribution is -2.12. The second-order valence-electron chi connectivity index (χ2n) is 5.64. The molecule has 1 aromatic carbocycles. The van der Waals surface area contributed by atoms with E-state index in [2.05, 4.69) is 16.4 Å². The van der Waals surface area contributed by atoms with Crippen molar-refractivity contribution in [2.24, 2.45) is 0 Å². The van der Waals surface area contributed by atoms with Crippen molar-refractivity contribution in [1.82, 2.24) is 4.98 Å². The van der Waals surface area contributed by atoms with Crippen molar-refractivity contribution >= 4 is 29.2 Å². The lowest BCUT2D eigenvalue weighted by atomic mass is 10.0. The zero-order chi connectivity index (χ0) is 19.9. The van der Waals surface area contributed by atoms with E-state index in [0.29, 0.717) is 22.1 Å². The van der Waals surface area contributed by atoms with E-state index < -0.39 is 0 Å². The van der Waals surface area contributed by atoms with Gasteiger partial charge in [0, 0.05) is 17.9 Å². The summed E-state index contributed by atoms with van der Waals surface area (Å²) in [6, 6.07) is 16.5. The number of para-hydroxylation sites is 1. The van der Waals surface area contributed by atoms with E-state index >= 15 is 0 Å². The molecule has 3 N–H and O–H groups in total. The molecule has 2 aromatic heterocycles. The summed E-state index contributed by atoms with van der Waals surface area (Å²) in [6.45, 7) is 0. The highest BCUT2D eigenvalue weighted by Crippen LogP contribution is 2.35. The number of nitrogen functional groups attached to an aromatic ring is 1. The third kappa shape index (κ3) is 4.14. The van der Waals surface area contributed by atoms with Gasteiger partial charge in [-0.1, -0.05) is 18.2 Å². The maximum absolute atomic E-state index is 12.1. The van der Waals surface area contributed by atoms with Gasteiger partial charge in [0.25, 0.3) is 0 Å². The van der Waals surface area contributed by atoms with Gasteiger partial charge in [-0.15, -0.1) is 11.8 Å². The van der Waals surface area contributed by atoms with Crippen molar-refractivity contribution < 1.29 is 9.21 Å². The number of benzene rings is 1. The Hall–Kier alpha value is -3.75. The molecule has 0 atom stereocenters. The number of thioether (sulfide) groups is 1. The van der Waals surface area contributed by atoms with Gasteiger partial charge in [0.1, 0.15) is 34.3 Å². The minimum atomic E-state index is -0.148. The minimum absolute atomic E-state index is 0.0177. The number of nitriles is 2. The largest absolute Gasteiger partial charge is 0.464 e. The van der Waals surface area contributed by atoms with Crippen molar-refractivity contribution in [3.8, 4) is 23.5 Å². The Kier molecular flexibility index (Phi) is 5.95. The van der Waals surface area contributed by atoms with Crippen LogP contribution in [0.3, 0.4) is 0 Å². The number of nitrogens with one attached hydrogen (secondary N) is 1. The molecule has 0 spiro atoms. The second-order valence-corrected chi connectivity index (χ2v) is 6.72. The van der Waals surface area contributed by atoms with Crippen molar-refractivity contribution in [3.05, 3.63) is 59.9 Å². The number of carbonyl (C=O) groups is 1. The first-order valence-corrected chi connectivity index (χ1v) is 9.28. The van der Waals surface area contributed by atoms with E-state index in [1.807, 2.05) is 24.3 Å². The number of pyridine rings is 1. The van der Waals surface area contributed by atoms with Gasteiger partial charge in [0.2, 0.25) is 5.91 Å². The highest BCUT2D eigenvalue weighted by Gasteiger charge is 2.22. The Labute approximate surface area is 165 Å². The van der Waals surface area contributed by atoms with Crippen molar-refractivity contribution in [1.29, 1.82) is 10.5 Å². The molecule has 3 rings (SSSR count). The SMILES string of the molecule is N#Cc1c(N)nc(SCCC(=O)Nc2ccccc2)c(C#N)c1-c1ccco1. The standard InChI is InChI=1S/C20H15N5O2S/c21-11-14-18(16-7-4-9-27-16)15(12-22)20(25-19(14)23)28-10-8-17(26)24-13-5-2-1-3-6-13/h1-7,9H,8,10H2,(H2,23,25)(H,24,26). The third-order valence-electron chi connectivity index (χ3n) is 3.81. The predicted molar refractivity (Wildman–Crippen MR) is 106 cm³/mol. The van der Waals surface area contributed by atoms with Crippen molar-refractivity contribution in [2.45, 2.75) is 11.4 Å². The summed E-state index contributed by atoms with van der Waals surface area (Å²) in [7, 11) is 0. The molecule has 0 fully saturated rings. The van der Waals surface area contributed by atoms with E-state index in [-0.39, 0.29) is 29.3 Å². The smallest absolute Gasteiger partial charge is 0.225 e. The molecule has 0 radical (unpaired) electrons. The molecule has 0 aliphatic rings. The minimum Gasteiger partial charge on any atom is -0.464 e. The molecule has 28 heavy (non-hydrogen) atoms. The van der Waals surface area contributed by atoms with Crippen LogP contribution >= 0.6 is 11.8 Å². The summed E-state index contributed by atoms with van der Waals surface area (Å²) in [5.41, 5.74) is 7.25. The number of amides is 1. The first kappa shape index (κ1) is 19.0. The van der Waals surface area contributed by atoms with Crippen LogP contribution in [0, 0.1) is 22.7 Å². The summed E-state index contributed by atoms with van der Waals surface area (Å²) >= 11 is 1.23. The Morgan fingerprint density at radius 3 is 2.54 bits per heavy atom. The molecule has 0 saturated heterocycles. The van der Waals surface area contributed by atoms with Crippen LogP contribution in [0.1, 0.15) is 17.5 Å². The number of hydrogen-bond acceptors (Lipinski definition) is 7. The number of carbonyl (C=O) groups excluding carboxylic acids is 1. The number of rotatable bonds is 6. The molecule has 0 unspecified atom stereocenters. The van der Waals surface area contributed by atoms with Gasteiger partial charge in [-0.05, 0) is 24.3 Å². The molecule has 2 heterocycles. The summed E-state index contributed by atoms with van der Waals surface area (Å²) < 4.78 is 5.36. The Bertz CT molecular complexity index is 1070. The lowest BCUT2D eigenvalue weighted by molar-refractivity contribution is -0.115. The highest BCUT2D eigenvalue weighted by molar-refractivity contribution is 7.99. The van der Waals surface area contributed by atoms with Crippen molar-refractivity contribution in [3.63, 3.8) is 0 Å². The Balaban J connectivity index is 1.78. The van der Waals surface area contributed by atoms with E-state index in [1.54, 1.807) is 24.3 Å². The quantitative estimate of drug-likeness (QED) is 0.614. The average Bonchev–Trinajstić information content (AvgIpc) is 3.22. The van der Waals surface area contributed by atoms with Crippen LogP contribution in [0.4, 0.5) is 11.5 Å².